The second-order valence-corrected chi connectivity index (χ2v) is 9.46. The molecule has 1 aliphatic carbocycles. The van der Waals surface area contributed by atoms with Crippen LogP contribution in [0.3, 0.4) is 0 Å². The molecular weight excluding hydrogens is 423 g/mol. The van der Waals surface area contributed by atoms with Gasteiger partial charge in [0.1, 0.15) is 5.15 Å². The first-order valence-electron chi connectivity index (χ1n) is 10.8. The molecule has 1 saturated heterocycles. The minimum Gasteiger partial charge on any atom is -0.359 e. The fourth-order valence-corrected chi connectivity index (χ4v) is 6.23. The molecule has 1 fully saturated rings. The van der Waals surface area contributed by atoms with Crippen LogP contribution in [-0.4, -0.2) is 58.2 Å². The molecule has 4 nitrogen and oxygen atoms in total. The second-order valence-electron chi connectivity index (χ2n) is 8.26. The maximum absolute atomic E-state index is 6.59. The number of nitrogens with one attached hydrogen (secondary N) is 2. The van der Waals surface area contributed by atoms with Gasteiger partial charge in [0.05, 0.1) is 0 Å². The number of likely N-dealkylation sites (tertiary alicyclic amines) is 1. The van der Waals surface area contributed by atoms with Crippen LogP contribution in [-0.2, 0) is 6.42 Å². The topological polar surface area (TPSA) is 34.3 Å². The van der Waals surface area contributed by atoms with Crippen molar-refractivity contribution >= 4 is 51.4 Å². The van der Waals surface area contributed by atoms with Gasteiger partial charge in [-0.05, 0) is 75.1 Å². The van der Waals surface area contributed by atoms with Gasteiger partial charge in [-0.1, -0.05) is 30.1 Å². The predicted octanol–water partition coefficient (Wildman–Crippen LogP) is 5.18. The molecule has 1 aromatic carbocycles. The van der Waals surface area contributed by atoms with Crippen LogP contribution in [0.2, 0.25) is 10.2 Å². The van der Waals surface area contributed by atoms with Crippen molar-refractivity contribution < 1.29 is 0 Å². The van der Waals surface area contributed by atoms with Crippen LogP contribution in [0.15, 0.2) is 12.1 Å². The number of hydrogen-bond acceptors (Lipinski definition) is 2. The van der Waals surface area contributed by atoms with E-state index in [1.165, 1.54) is 16.5 Å². The summed E-state index contributed by atoms with van der Waals surface area (Å²) < 4.78 is 0. The molecule has 2 N–H and O–H groups in total. The first-order valence-corrected chi connectivity index (χ1v) is 11.9. The number of nitrogens with zero attached hydrogens (tertiary/aromatic N) is 2. The molecule has 0 radical (unpaired) electrons. The number of rotatable bonds is 5. The Labute approximate surface area is 188 Å². The lowest BCUT2D eigenvalue weighted by molar-refractivity contribution is 0.104. The van der Waals surface area contributed by atoms with E-state index in [0.717, 1.165) is 66.2 Å². The van der Waals surface area contributed by atoms with Gasteiger partial charge in [0, 0.05) is 53.6 Å². The Morgan fingerprint density at radius 3 is 2.72 bits per heavy atom. The minimum absolute atomic E-state index is 0.334. The van der Waals surface area contributed by atoms with Crippen molar-refractivity contribution in [2.45, 2.75) is 58.0 Å². The number of thiocarbonyl (C=S) groups is 1. The van der Waals surface area contributed by atoms with Gasteiger partial charge in [-0.15, -0.1) is 0 Å². The van der Waals surface area contributed by atoms with Gasteiger partial charge in [0.25, 0.3) is 0 Å². The molecule has 2 heterocycles. The van der Waals surface area contributed by atoms with Crippen LogP contribution in [0, 0.1) is 0 Å². The zero-order chi connectivity index (χ0) is 20.7. The van der Waals surface area contributed by atoms with Crippen LogP contribution in [0.1, 0.15) is 50.7 Å². The molecule has 1 aromatic heterocycles. The van der Waals surface area contributed by atoms with Crippen LogP contribution >= 0.6 is 35.4 Å². The van der Waals surface area contributed by atoms with Crippen LogP contribution < -0.4 is 5.32 Å². The normalized spacial score (nSPS) is 23.8. The molecule has 2 aromatic rings. The van der Waals surface area contributed by atoms with Crippen molar-refractivity contribution in [3.63, 3.8) is 0 Å². The number of aromatic amines is 1. The Morgan fingerprint density at radius 1 is 1.28 bits per heavy atom. The molecular formula is C22H30Cl2N4S. The Kier molecular flexibility index (Phi) is 6.31. The van der Waals surface area contributed by atoms with Gasteiger partial charge in [-0.3, -0.25) is 4.90 Å². The molecule has 29 heavy (non-hydrogen) atoms. The van der Waals surface area contributed by atoms with E-state index in [0.29, 0.717) is 18.0 Å². The lowest BCUT2D eigenvalue weighted by Gasteiger charge is -2.47. The summed E-state index contributed by atoms with van der Waals surface area (Å²) in [5.41, 5.74) is 3.64. The molecule has 7 heteroatoms. The highest BCUT2D eigenvalue weighted by Gasteiger charge is 2.41. The van der Waals surface area contributed by atoms with Crippen LogP contribution in [0.5, 0.6) is 0 Å². The molecule has 0 bridgehead atoms. The standard InChI is InChI=1S/C22H30Cl2N4S/c1-4-7-28-12-14(25-22(29)27(5-2)6-3)10-15-16-8-13(23)9-18-20(16)17(11-19(15)28)21(24)26-18/h8-9,14-15,19,26H,4-7,10-12H2,1-3H3,(H,25,29)/t14-,15+,19+/m0/s1. The summed E-state index contributed by atoms with van der Waals surface area (Å²) in [6.07, 6.45) is 3.18. The van der Waals surface area contributed by atoms with Crippen LogP contribution in [0.25, 0.3) is 10.9 Å². The average Bonchev–Trinajstić information content (AvgIpc) is 2.99. The minimum atomic E-state index is 0.334. The predicted molar refractivity (Wildman–Crippen MR) is 127 cm³/mol. The summed E-state index contributed by atoms with van der Waals surface area (Å²) in [6.45, 7) is 10.5. The Hall–Kier alpha value is -1.01. The smallest absolute Gasteiger partial charge is 0.169 e. The number of benzene rings is 1. The highest BCUT2D eigenvalue weighted by atomic mass is 35.5. The van der Waals surface area contributed by atoms with E-state index in [1.807, 2.05) is 6.07 Å². The molecule has 158 valence electrons. The maximum Gasteiger partial charge on any atom is 0.169 e. The van der Waals surface area contributed by atoms with Crippen molar-refractivity contribution in [3.05, 3.63) is 33.4 Å². The lowest BCUT2D eigenvalue weighted by atomic mass is 9.73. The highest BCUT2D eigenvalue weighted by molar-refractivity contribution is 7.80. The quantitative estimate of drug-likeness (QED) is 0.612. The van der Waals surface area contributed by atoms with Crippen molar-refractivity contribution in [1.82, 2.24) is 20.1 Å². The lowest BCUT2D eigenvalue weighted by Crippen LogP contribution is -2.57. The van der Waals surface area contributed by atoms with Gasteiger partial charge in [-0.2, -0.15) is 0 Å². The Morgan fingerprint density at radius 2 is 2.03 bits per heavy atom. The monoisotopic (exact) mass is 452 g/mol. The molecule has 0 spiro atoms. The van der Waals surface area contributed by atoms with Gasteiger partial charge < -0.3 is 15.2 Å². The van der Waals surface area contributed by atoms with E-state index in [-0.39, 0.29) is 0 Å². The van der Waals surface area contributed by atoms with E-state index in [2.05, 4.69) is 46.9 Å². The summed E-state index contributed by atoms with van der Waals surface area (Å²) in [7, 11) is 0. The molecule has 0 amide bonds. The second kappa shape index (κ2) is 8.62. The fraction of sp³-hybridized carbons (Fsp3) is 0.591. The van der Waals surface area contributed by atoms with E-state index in [9.17, 15) is 0 Å². The molecule has 3 atom stereocenters. The van der Waals surface area contributed by atoms with Gasteiger partial charge in [-0.25, -0.2) is 0 Å². The van der Waals surface area contributed by atoms with E-state index >= 15 is 0 Å². The van der Waals surface area contributed by atoms with Crippen molar-refractivity contribution in [2.24, 2.45) is 0 Å². The van der Waals surface area contributed by atoms with E-state index in [4.69, 9.17) is 35.4 Å². The fourth-order valence-electron chi connectivity index (χ4n) is 5.30. The zero-order valence-electron chi connectivity index (χ0n) is 17.4. The Balaban J connectivity index is 1.69. The summed E-state index contributed by atoms with van der Waals surface area (Å²) in [6, 6.07) is 4.94. The highest BCUT2D eigenvalue weighted by Crippen LogP contribution is 2.46. The molecule has 1 aliphatic heterocycles. The number of hydrogen-bond donors (Lipinski definition) is 2. The first-order chi connectivity index (χ1) is 14.0. The summed E-state index contributed by atoms with van der Waals surface area (Å²) >= 11 is 18.8. The van der Waals surface area contributed by atoms with Gasteiger partial charge in [0.15, 0.2) is 5.11 Å². The number of aromatic nitrogens is 1. The van der Waals surface area contributed by atoms with Crippen molar-refractivity contribution in [2.75, 3.05) is 26.2 Å². The SMILES string of the molecule is CCCN1C[C@@H](NC(=S)N(CC)CC)C[C@@H]2c3cc(Cl)cc4[nH]c(Cl)c(c34)C[C@H]21. The van der Waals surface area contributed by atoms with Gasteiger partial charge in [0.2, 0.25) is 0 Å². The number of H-pyrrole nitrogens is 1. The largest absolute Gasteiger partial charge is 0.359 e. The van der Waals surface area contributed by atoms with Crippen LogP contribution in [0.4, 0.5) is 0 Å². The summed E-state index contributed by atoms with van der Waals surface area (Å²) in [4.78, 5) is 8.20. The molecule has 0 saturated carbocycles. The number of piperidine rings is 1. The van der Waals surface area contributed by atoms with Crippen molar-refractivity contribution in [3.8, 4) is 0 Å². The van der Waals surface area contributed by atoms with E-state index in [1.54, 1.807) is 0 Å². The first kappa shape index (κ1) is 21.2. The molecule has 4 rings (SSSR count). The number of halogens is 2. The summed E-state index contributed by atoms with van der Waals surface area (Å²) in [5.74, 6) is 0.424. The third-order valence-electron chi connectivity index (χ3n) is 6.57. The van der Waals surface area contributed by atoms with E-state index < -0.39 is 0 Å². The Bertz CT molecular complexity index is 908. The van der Waals surface area contributed by atoms with Crippen molar-refractivity contribution in [1.29, 1.82) is 0 Å². The average molecular weight is 453 g/mol. The molecule has 0 unspecified atom stereocenters. The third kappa shape index (κ3) is 3.87. The maximum atomic E-state index is 6.59. The van der Waals surface area contributed by atoms with Gasteiger partial charge >= 0.3 is 0 Å². The summed E-state index contributed by atoms with van der Waals surface area (Å²) in [5, 5.41) is 7.35. The number of fused-ring (bicyclic) bond motifs is 2. The third-order valence-corrected chi connectivity index (χ3v) is 7.49. The zero-order valence-corrected chi connectivity index (χ0v) is 19.7. The molecule has 2 aliphatic rings.